The van der Waals surface area contributed by atoms with Crippen LogP contribution in [0.4, 0.5) is 0 Å². The van der Waals surface area contributed by atoms with Crippen LogP contribution in [0.25, 0.3) is 0 Å². The van der Waals surface area contributed by atoms with Crippen molar-refractivity contribution in [2.24, 2.45) is 0 Å². The molecule has 1 heterocycles. The zero-order valence-corrected chi connectivity index (χ0v) is 13.1. The van der Waals surface area contributed by atoms with Crippen LogP contribution in [0.3, 0.4) is 0 Å². The molecule has 0 spiro atoms. The van der Waals surface area contributed by atoms with Crippen LogP contribution >= 0.6 is 0 Å². The topological polar surface area (TPSA) is 115 Å². The van der Waals surface area contributed by atoms with Crippen molar-refractivity contribution < 1.29 is 33.4 Å². The van der Waals surface area contributed by atoms with Gasteiger partial charge in [0.1, 0.15) is 0 Å². The van der Waals surface area contributed by atoms with Gasteiger partial charge in [0.25, 0.3) is 5.88 Å². The number of hydrogen-bond donors (Lipinski definition) is 0. The van der Waals surface area contributed by atoms with Gasteiger partial charge < -0.3 is 23.8 Å². The minimum absolute atomic E-state index is 0.0541. The first-order valence-electron chi connectivity index (χ1n) is 6.77. The van der Waals surface area contributed by atoms with E-state index in [9.17, 15) is 14.4 Å². The Hall–Kier alpha value is -2.78. The summed E-state index contributed by atoms with van der Waals surface area (Å²) in [5.41, 5.74) is -0.714. The van der Waals surface area contributed by atoms with Crippen LogP contribution in [0.5, 0.6) is 11.6 Å². The molecule has 10 nitrogen and oxygen atoms in total. The second kappa shape index (κ2) is 9.28. The van der Waals surface area contributed by atoms with Crippen LogP contribution in [-0.4, -0.2) is 55.4 Å². The molecule has 0 N–H and O–H groups in total. The summed E-state index contributed by atoms with van der Waals surface area (Å²) in [6.45, 7) is 2.80. The lowest BCUT2D eigenvalue weighted by Crippen LogP contribution is -2.33. The minimum atomic E-state index is -0.714. The Labute approximate surface area is 131 Å². The summed E-state index contributed by atoms with van der Waals surface area (Å²) in [6.07, 6.45) is 0. The van der Waals surface area contributed by atoms with E-state index in [4.69, 9.17) is 19.0 Å². The molecule has 0 radical (unpaired) electrons. The smallest absolute Gasteiger partial charge is 0.347 e. The maximum Gasteiger partial charge on any atom is 0.347 e. The van der Waals surface area contributed by atoms with Crippen molar-refractivity contribution in [1.29, 1.82) is 0 Å². The number of rotatable bonds is 9. The van der Waals surface area contributed by atoms with Crippen molar-refractivity contribution in [2.75, 3.05) is 33.5 Å². The van der Waals surface area contributed by atoms with E-state index in [1.54, 1.807) is 13.8 Å². The van der Waals surface area contributed by atoms with E-state index in [0.717, 1.165) is 6.07 Å². The van der Waals surface area contributed by atoms with Crippen LogP contribution in [0.1, 0.15) is 13.8 Å². The summed E-state index contributed by atoms with van der Waals surface area (Å²) in [5.74, 6) is -1.40. The van der Waals surface area contributed by atoms with Crippen molar-refractivity contribution >= 4 is 11.9 Å². The molecule has 1 aromatic rings. The van der Waals surface area contributed by atoms with Gasteiger partial charge in [-0.1, -0.05) is 9.94 Å². The first-order chi connectivity index (χ1) is 11.0. The minimum Gasteiger partial charge on any atom is -0.477 e. The highest BCUT2D eigenvalue weighted by Gasteiger charge is 2.14. The molecule has 1 rings (SSSR count). The summed E-state index contributed by atoms with van der Waals surface area (Å²) in [6, 6.07) is 1.01. The van der Waals surface area contributed by atoms with Crippen molar-refractivity contribution in [3.05, 3.63) is 16.4 Å². The van der Waals surface area contributed by atoms with E-state index in [2.05, 4.69) is 9.84 Å². The number of hydrogen-bond acceptors (Lipinski definition) is 9. The van der Waals surface area contributed by atoms with Crippen molar-refractivity contribution in [3.8, 4) is 11.6 Å². The van der Waals surface area contributed by atoms with Gasteiger partial charge >= 0.3 is 17.5 Å². The molecule has 23 heavy (non-hydrogen) atoms. The van der Waals surface area contributed by atoms with Crippen LogP contribution in [0.15, 0.2) is 10.9 Å². The molecule has 0 bridgehead atoms. The molecular formula is C13H18N2O8. The van der Waals surface area contributed by atoms with Gasteiger partial charge in [0.15, 0.2) is 12.4 Å². The van der Waals surface area contributed by atoms with E-state index >= 15 is 0 Å². The highest BCUT2D eigenvalue weighted by molar-refractivity contribution is 5.71. The predicted molar refractivity (Wildman–Crippen MR) is 75.3 cm³/mol. The Bertz CT molecular complexity index is 598. The standard InChI is InChI=1S/C13H18N2O8/c1-4-20-11(17)7-22-9-6-10(16)15(14-13(9)19-3)23-8-12(18)21-5-2/h6H,4-5,7-8H2,1-3H3. The fourth-order valence-corrected chi connectivity index (χ4v) is 1.40. The van der Waals surface area contributed by atoms with Crippen LogP contribution < -0.4 is 19.9 Å². The van der Waals surface area contributed by atoms with E-state index in [1.165, 1.54) is 7.11 Å². The molecule has 0 aliphatic carbocycles. The number of esters is 2. The molecule has 1 aromatic heterocycles. The van der Waals surface area contributed by atoms with Crippen LogP contribution in [0.2, 0.25) is 0 Å². The van der Waals surface area contributed by atoms with Crippen molar-refractivity contribution in [2.45, 2.75) is 13.8 Å². The maximum absolute atomic E-state index is 11.8. The van der Waals surface area contributed by atoms with Crippen molar-refractivity contribution in [1.82, 2.24) is 9.94 Å². The van der Waals surface area contributed by atoms with Crippen LogP contribution in [-0.2, 0) is 19.1 Å². The molecule has 0 unspecified atom stereocenters. The summed E-state index contributed by atoms with van der Waals surface area (Å²) >= 11 is 0. The summed E-state index contributed by atoms with van der Waals surface area (Å²) < 4.78 is 19.4. The van der Waals surface area contributed by atoms with E-state index in [1.807, 2.05) is 0 Å². The second-order valence-corrected chi connectivity index (χ2v) is 3.90. The lowest BCUT2D eigenvalue weighted by atomic mass is 10.5. The zero-order chi connectivity index (χ0) is 17.2. The number of nitrogens with zero attached hydrogens (tertiary/aromatic N) is 2. The van der Waals surface area contributed by atoms with Gasteiger partial charge in [0.2, 0.25) is 6.61 Å². The average molecular weight is 330 g/mol. The Kier molecular flexibility index (Phi) is 7.37. The Balaban J connectivity index is 2.79. The molecule has 0 aliphatic rings. The number of ether oxygens (including phenoxy) is 4. The molecule has 0 saturated heterocycles. The number of carbonyl (C=O) groups is 2. The third-order valence-corrected chi connectivity index (χ3v) is 2.29. The molecular weight excluding hydrogens is 312 g/mol. The van der Waals surface area contributed by atoms with Crippen molar-refractivity contribution in [3.63, 3.8) is 0 Å². The van der Waals surface area contributed by atoms with Gasteiger partial charge in [-0.3, -0.25) is 4.79 Å². The quantitative estimate of drug-likeness (QED) is 0.536. The van der Waals surface area contributed by atoms with E-state index in [-0.39, 0.29) is 24.8 Å². The zero-order valence-electron chi connectivity index (χ0n) is 13.1. The van der Waals surface area contributed by atoms with Gasteiger partial charge in [-0.15, -0.1) is 0 Å². The third-order valence-electron chi connectivity index (χ3n) is 2.29. The largest absolute Gasteiger partial charge is 0.477 e. The lowest BCUT2D eigenvalue weighted by molar-refractivity contribution is -0.149. The first kappa shape index (κ1) is 18.3. The van der Waals surface area contributed by atoms with Gasteiger partial charge in [0, 0.05) is 0 Å². The molecule has 0 amide bonds. The first-order valence-corrected chi connectivity index (χ1v) is 6.77. The van der Waals surface area contributed by atoms with Gasteiger partial charge in [-0.2, -0.15) is 0 Å². The Morgan fingerprint density at radius 1 is 1.13 bits per heavy atom. The molecule has 128 valence electrons. The fraction of sp³-hybridized carbons (Fsp3) is 0.538. The molecule has 10 heteroatoms. The summed E-state index contributed by atoms with van der Waals surface area (Å²) in [7, 11) is 1.29. The third kappa shape index (κ3) is 5.85. The highest BCUT2D eigenvalue weighted by Crippen LogP contribution is 2.20. The van der Waals surface area contributed by atoms with Gasteiger partial charge in [0.05, 0.1) is 26.4 Å². The fourth-order valence-electron chi connectivity index (χ4n) is 1.40. The maximum atomic E-state index is 11.8. The Morgan fingerprint density at radius 3 is 2.30 bits per heavy atom. The number of aromatic nitrogens is 2. The molecule has 0 saturated carbocycles. The number of methoxy groups -OCH3 is 1. The molecule has 0 aromatic carbocycles. The predicted octanol–water partition coefficient (Wildman–Crippen LogP) is -0.814. The molecule has 0 fully saturated rings. The highest BCUT2D eigenvalue weighted by atomic mass is 16.7. The lowest BCUT2D eigenvalue weighted by Gasteiger charge is -2.11. The molecule has 0 atom stereocenters. The van der Waals surface area contributed by atoms with E-state index in [0.29, 0.717) is 4.85 Å². The van der Waals surface area contributed by atoms with Crippen LogP contribution in [0, 0.1) is 0 Å². The normalized spacial score (nSPS) is 9.87. The SMILES string of the molecule is CCOC(=O)COc1cc(=O)n(OCC(=O)OCC)nc1OC. The second-order valence-electron chi connectivity index (χ2n) is 3.90. The monoisotopic (exact) mass is 330 g/mol. The average Bonchev–Trinajstić information content (AvgIpc) is 2.52. The summed E-state index contributed by atoms with van der Waals surface area (Å²) in [4.78, 5) is 39.7. The van der Waals surface area contributed by atoms with Gasteiger partial charge in [-0.05, 0) is 13.8 Å². The van der Waals surface area contributed by atoms with Gasteiger partial charge in [-0.25, -0.2) is 9.59 Å². The molecule has 0 aliphatic heterocycles. The number of carbonyl (C=O) groups excluding carboxylic acids is 2. The van der Waals surface area contributed by atoms with E-state index < -0.39 is 30.7 Å². The summed E-state index contributed by atoms with van der Waals surface area (Å²) in [5, 5.41) is 3.72. The Morgan fingerprint density at radius 2 is 1.74 bits per heavy atom.